The predicted molar refractivity (Wildman–Crippen MR) is 80.7 cm³/mol. The van der Waals surface area contributed by atoms with Crippen LogP contribution in [0.5, 0.6) is 5.75 Å². The molecule has 3 aromatic rings. The van der Waals surface area contributed by atoms with Crippen LogP contribution in [0.1, 0.15) is 6.42 Å². The second-order valence-electron chi connectivity index (χ2n) is 4.96. The fourth-order valence-electron chi connectivity index (χ4n) is 2.62. The average molecular weight is 287 g/mol. The lowest BCUT2D eigenvalue weighted by molar-refractivity contribution is 0.279. The lowest BCUT2D eigenvalue weighted by Gasteiger charge is -2.04. The molecule has 0 amide bonds. The minimum Gasteiger partial charge on any atom is -0.497 e. The number of methoxy groups -OCH3 is 1. The molecule has 0 radical (unpaired) electrons. The maximum absolute atomic E-state index is 12.6. The molecule has 2 heterocycles. The van der Waals surface area contributed by atoms with E-state index in [9.17, 15) is 4.79 Å². The van der Waals surface area contributed by atoms with Gasteiger partial charge >= 0.3 is 0 Å². The number of hydrogen-bond acceptors (Lipinski definition) is 4. The monoisotopic (exact) mass is 287 g/mol. The number of nitrogens with zero attached hydrogens (tertiary/aromatic N) is 3. The fraction of sp³-hybridized carbons (Fsp3) is 0.333. The van der Waals surface area contributed by atoms with Gasteiger partial charge in [-0.15, -0.1) is 0 Å². The smallest absolute Gasteiger partial charge is 0.277 e. The summed E-state index contributed by atoms with van der Waals surface area (Å²) in [5, 5.41) is 9.80. The summed E-state index contributed by atoms with van der Waals surface area (Å²) in [6.07, 6.45) is 2.07. The zero-order valence-corrected chi connectivity index (χ0v) is 12.0. The molecule has 0 fully saturated rings. The summed E-state index contributed by atoms with van der Waals surface area (Å²) in [7, 11) is 3.47. The molecule has 110 valence electrons. The van der Waals surface area contributed by atoms with Crippen LogP contribution in [0, 0.1) is 0 Å². The number of fused-ring (bicyclic) bond motifs is 3. The van der Waals surface area contributed by atoms with E-state index in [1.165, 1.54) is 4.57 Å². The van der Waals surface area contributed by atoms with E-state index in [4.69, 9.17) is 9.84 Å². The third kappa shape index (κ3) is 2.08. The highest BCUT2D eigenvalue weighted by Gasteiger charge is 2.14. The number of aliphatic hydroxyl groups is 1. The molecule has 6 nitrogen and oxygen atoms in total. The van der Waals surface area contributed by atoms with E-state index in [2.05, 4.69) is 4.98 Å². The molecule has 0 aliphatic rings. The molecule has 0 aliphatic carbocycles. The predicted octanol–water partition coefficient (Wildman–Crippen LogP) is 1.28. The molecule has 0 spiro atoms. The molecule has 0 saturated heterocycles. The Balaban J connectivity index is 2.31. The summed E-state index contributed by atoms with van der Waals surface area (Å²) < 4.78 is 8.63. The zero-order valence-electron chi connectivity index (χ0n) is 12.0. The lowest BCUT2D eigenvalue weighted by Crippen LogP contribution is -2.22. The third-order valence-electron chi connectivity index (χ3n) is 3.73. The van der Waals surface area contributed by atoms with Crippen molar-refractivity contribution in [3.63, 3.8) is 0 Å². The minimum atomic E-state index is -0.0916. The molecule has 0 bridgehead atoms. The van der Waals surface area contributed by atoms with Gasteiger partial charge in [-0.25, -0.2) is 4.98 Å². The van der Waals surface area contributed by atoms with Crippen LogP contribution in [0.25, 0.3) is 21.9 Å². The maximum Gasteiger partial charge on any atom is 0.277 e. The van der Waals surface area contributed by atoms with Crippen LogP contribution in [-0.4, -0.2) is 32.9 Å². The number of aryl methyl sites for hydroxylation is 2. The van der Waals surface area contributed by atoms with E-state index in [0.717, 1.165) is 16.7 Å². The van der Waals surface area contributed by atoms with Gasteiger partial charge in [-0.05, 0) is 24.6 Å². The number of benzene rings is 1. The van der Waals surface area contributed by atoms with Gasteiger partial charge in [0.15, 0.2) is 0 Å². The van der Waals surface area contributed by atoms with Crippen LogP contribution in [0.2, 0.25) is 0 Å². The van der Waals surface area contributed by atoms with Crippen molar-refractivity contribution in [2.24, 2.45) is 7.05 Å². The van der Waals surface area contributed by atoms with Crippen molar-refractivity contribution in [3.05, 3.63) is 34.9 Å². The van der Waals surface area contributed by atoms with Gasteiger partial charge in [0.2, 0.25) is 0 Å². The molecule has 0 aliphatic heterocycles. The Labute approximate surface area is 121 Å². The third-order valence-corrected chi connectivity index (χ3v) is 3.73. The van der Waals surface area contributed by atoms with E-state index in [1.807, 2.05) is 29.8 Å². The minimum absolute atomic E-state index is 0.0524. The van der Waals surface area contributed by atoms with Gasteiger partial charge in [0, 0.05) is 25.6 Å². The number of ether oxygens (including phenoxy) is 1. The Kier molecular flexibility index (Phi) is 3.39. The highest BCUT2D eigenvalue weighted by molar-refractivity contribution is 6.05. The van der Waals surface area contributed by atoms with Gasteiger partial charge in [-0.3, -0.25) is 9.36 Å². The van der Waals surface area contributed by atoms with Crippen molar-refractivity contribution >= 4 is 21.9 Å². The highest BCUT2D eigenvalue weighted by atomic mass is 16.5. The molecule has 0 atom stereocenters. The fourth-order valence-corrected chi connectivity index (χ4v) is 2.62. The molecule has 1 N–H and O–H groups in total. The number of aliphatic hydroxyl groups excluding tert-OH is 1. The van der Waals surface area contributed by atoms with Crippen molar-refractivity contribution < 1.29 is 9.84 Å². The Hall–Kier alpha value is -2.34. The van der Waals surface area contributed by atoms with Crippen LogP contribution in [-0.2, 0) is 13.6 Å². The molecule has 0 saturated carbocycles. The van der Waals surface area contributed by atoms with Gasteiger partial charge in [0.05, 0.1) is 19.0 Å². The Morgan fingerprint density at radius 1 is 1.38 bits per heavy atom. The summed E-state index contributed by atoms with van der Waals surface area (Å²) >= 11 is 0. The van der Waals surface area contributed by atoms with E-state index < -0.39 is 0 Å². The topological polar surface area (TPSA) is 69.3 Å². The summed E-state index contributed by atoms with van der Waals surface area (Å²) in [6, 6.07) is 5.68. The molecular formula is C15H17N3O3. The van der Waals surface area contributed by atoms with Gasteiger partial charge in [0.1, 0.15) is 16.8 Å². The second-order valence-corrected chi connectivity index (χ2v) is 4.96. The molecule has 2 aromatic heterocycles. The van der Waals surface area contributed by atoms with Crippen molar-refractivity contribution in [1.29, 1.82) is 0 Å². The van der Waals surface area contributed by atoms with E-state index in [0.29, 0.717) is 24.0 Å². The molecule has 3 rings (SSSR count). The number of hydrogen-bond donors (Lipinski definition) is 1. The van der Waals surface area contributed by atoms with Crippen molar-refractivity contribution in [1.82, 2.24) is 14.1 Å². The number of rotatable bonds is 4. The summed E-state index contributed by atoms with van der Waals surface area (Å²) in [5.74, 6) is 0.737. The second kappa shape index (κ2) is 5.21. The quantitative estimate of drug-likeness (QED) is 0.785. The first-order valence-electron chi connectivity index (χ1n) is 6.80. The first kappa shape index (κ1) is 13.6. The largest absolute Gasteiger partial charge is 0.497 e. The summed E-state index contributed by atoms with van der Waals surface area (Å²) in [5.41, 5.74) is 2.09. The van der Waals surface area contributed by atoms with Crippen LogP contribution >= 0.6 is 0 Å². The lowest BCUT2D eigenvalue weighted by atomic mass is 10.2. The first-order chi connectivity index (χ1) is 10.2. The molecular weight excluding hydrogens is 270 g/mol. The summed E-state index contributed by atoms with van der Waals surface area (Å²) in [4.78, 5) is 17.0. The number of aromatic nitrogens is 3. The Morgan fingerprint density at radius 2 is 2.19 bits per heavy atom. The van der Waals surface area contributed by atoms with Crippen molar-refractivity contribution in [2.75, 3.05) is 13.7 Å². The van der Waals surface area contributed by atoms with Gasteiger partial charge in [0.25, 0.3) is 5.56 Å². The SMILES string of the molecule is COc1ccc2c(c1)c1ncn(CCCO)c(=O)c1n2C. The normalized spacial score (nSPS) is 11.4. The van der Waals surface area contributed by atoms with Gasteiger partial charge in [-0.2, -0.15) is 0 Å². The van der Waals surface area contributed by atoms with Crippen molar-refractivity contribution in [2.45, 2.75) is 13.0 Å². The molecule has 1 aromatic carbocycles. The van der Waals surface area contributed by atoms with Crippen LogP contribution in [0.15, 0.2) is 29.3 Å². The van der Waals surface area contributed by atoms with Crippen LogP contribution in [0.4, 0.5) is 0 Å². The van der Waals surface area contributed by atoms with E-state index >= 15 is 0 Å². The average Bonchev–Trinajstić information content (AvgIpc) is 2.79. The molecule has 21 heavy (non-hydrogen) atoms. The maximum atomic E-state index is 12.6. The Bertz CT molecular complexity index is 864. The van der Waals surface area contributed by atoms with Gasteiger partial charge < -0.3 is 14.4 Å². The zero-order chi connectivity index (χ0) is 15.0. The first-order valence-corrected chi connectivity index (χ1v) is 6.80. The Morgan fingerprint density at radius 3 is 2.90 bits per heavy atom. The molecule has 0 unspecified atom stereocenters. The van der Waals surface area contributed by atoms with Crippen LogP contribution in [0.3, 0.4) is 0 Å². The summed E-state index contributed by atoms with van der Waals surface area (Å²) in [6.45, 7) is 0.514. The van der Waals surface area contributed by atoms with E-state index in [1.54, 1.807) is 13.4 Å². The standard InChI is InChI=1S/C15H17N3O3/c1-17-12-5-4-10(21-2)8-11(12)13-14(17)15(20)18(9-16-13)6-3-7-19/h4-5,8-9,19H,3,6-7H2,1-2H3. The van der Waals surface area contributed by atoms with Crippen LogP contribution < -0.4 is 10.3 Å². The van der Waals surface area contributed by atoms with Gasteiger partial charge in [-0.1, -0.05) is 0 Å². The molecule has 6 heteroatoms. The highest BCUT2D eigenvalue weighted by Crippen LogP contribution is 2.27. The van der Waals surface area contributed by atoms with E-state index in [-0.39, 0.29) is 12.2 Å². The van der Waals surface area contributed by atoms with Crippen molar-refractivity contribution in [3.8, 4) is 5.75 Å².